The van der Waals surface area contributed by atoms with Crippen molar-refractivity contribution in [3.63, 3.8) is 0 Å². The van der Waals surface area contributed by atoms with E-state index in [0.717, 1.165) is 35.7 Å². The quantitative estimate of drug-likeness (QED) is 0.486. The van der Waals surface area contributed by atoms with E-state index in [1.807, 2.05) is 4.90 Å². The van der Waals surface area contributed by atoms with Gasteiger partial charge in [0.2, 0.25) is 5.91 Å². The van der Waals surface area contributed by atoms with E-state index in [2.05, 4.69) is 38.3 Å². The third-order valence-electron chi connectivity index (χ3n) is 5.86. The Morgan fingerprint density at radius 2 is 2.00 bits per heavy atom. The van der Waals surface area contributed by atoms with Crippen LogP contribution in [0.3, 0.4) is 0 Å². The molecule has 3 rings (SSSR count). The summed E-state index contributed by atoms with van der Waals surface area (Å²) in [7, 11) is 1.70. The third kappa shape index (κ3) is 6.05. The highest BCUT2D eigenvalue weighted by Gasteiger charge is 2.27. The number of carbonyl (C=O) groups is 1. The summed E-state index contributed by atoms with van der Waals surface area (Å²) >= 11 is 1.60. The lowest BCUT2D eigenvalue weighted by atomic mass is 10.1. The first-order chi connectivity index (χ1) is 14.5. The Bertz CT molecular complexity index is 843. The van der Waals surface area contributed by atoms with Crippen LogP contribution in [-0.4, -0.2) is 36.1 Å². The molecule has 0 N–H and O–H groups in total. The second-order valence-corrected chi connectivity index (χ2v) is 9.26. The van der Waals surface area contributed by atoms with Gasteiger partial charge in [-0.25, -0.2) is 4.98 Å². The topological polar surface area (TPSA) is 51.7 Å². The van der Waals surface area contributed by atoms with Gasteiger partial charge in [0.25, 0.3) is 0 Å². The molecule has 0 saturated heterocycles. The van der Waals surface area contributed by atoms with Crippen LogP contribution in [-0.2, 0) is 22.7 Å². The number of amides is 1. The van der Waals surface area contributed by atoms with Gasteiger partial charge in [-0.15, -0.1) is 11.3 Å². The van der Waals surface area contributed by atoms with E-state index in [4.69, 9.17) is 14.5 Å². The van der Waals surface area contributed by atoms with Crippen LogP contribution >= 0.6 is 11.3 Å². The summed E-state index contributed by atoms with van der Waals surface area (Å²) in [6, 6.07) is 4.25. The normalized spacial score (nSPS) is 14.3. The highest BCUT2D eigenvalue weighted by molar-refractivity contribution is 7.09. The van der Waals surface area contributed by atoms with Gasteiger partial charge in [-0.3, -0.25) is 4.79 Å². The van der Waals surface area contributed by atoms with E-state index >= 15 is 0 Å². The van der Waals surface area contributed by atoms with Crippen LogP contribution in [0, 0.1) is 26.7 Å². The molecule has 0 aliphatic heterocycles. The van der Waals surface area contributed by atoms with Gasteiger partial charge < -0.3 is 14.4 Å². The van der Waals surface area contributed by atoms with Gasteiger partial charge in [-0.1, -0.05) is 18.9 Å². The molecule has 2 aromatic rings. The van der Waals surface area contributed by atoms with Crippen molar-refractivity contribution in [3.8, 4) is 5.75 Å². The molecule has 1 aromatic heterocycles. The van der Waals surface area contributed by atoms with Gasteiger partial charge in [0.15, 0.2) is 0 Å². The van der Waals surface area contributed by atoms with Crippen molar-refractivity contribution in [2.75, 3.05) is 20.3 Å². The average Bonchev–Trinajstić information content (AvgIpc) is 3.40. The summed E-state index contributed by atoms with van der Waals surface area (Å²) in [6.45, 7) is 8.68. The highest BCUT2D eigenvalue weighted by atomic mass is 32.1. The van der Waals surface area contributed by atoms with E-state index in [1.165, 1.54) is 29.5 Å². The number of hydrogen-bond acceptors (Lipinski definition) is 5. The zero-order valence-electron chi connectivity index (χ0n) is 18.7. The molecule has 1 aliphatic carbocycles. The van der Waals surface area contributed by atoms with Gasteiger partial charge >= 0.3 is 0 Å². The minimum Gasteiger partial charge on any atom is -0.486 e. The molecule has 0 unspecified atom stereocenters. The monoisotopic (exact) mass is 430 g/mol. The Morgan fingerprint density at radius 3 is 2.73 bits per heavy atom. The summed E-state index contributed by atoms with van der Waals surface area (Å²) in [5, 5.41) is 2.99. The summed E-state index contributed by atoms with van der Waals surface area (Å²) < 4.78 is 11.2. The lowest BCUT2D eigenvalue weighted by Crippen LogP contribution is -2.36. The van der Waals surface area contributed by atoms with Crippen molar-refractivity contribution in [3.05, 3.63) is 44.9 Å². The second kappa shape index (κ2) is 10.9. The van der Waals surface area contributed by atoms with Crippen LogP contribution in [0.1, 0.15) is 59.5 Å². The van der Waals surface area contributed by atoms with E-state index in [9.17, 15) is 4.79 Å². The number of benzene rings is 1. The van der Waals surface area contributed by atoms with Crippen molar-refractivity contribution in [2.45, 2.75) is 66.0 Å². The molecule has 5 nitrogen and oxygen atoms in total. The molecule has 1 amide bonds. The Morgan fingerprint density at radius 1 is 1.23 bits per heavy atom. The number of aromatic nitrogens is 1. The Kier molecular flexibility index (Phi) is 8.28. The third-order valence-corrected chi connectivity index (χ3v) is 6.73. The zero-order chi connectivity index (χ0) is 21.5. The molecule has 6 heteroatoms. The van der Waals surface area contributed by atoms with Crippen LogP contribution in [0.5, 0.6) is 5.75 Å². The highest BCUT2D eigenvalue weighted by Crippen LogP contribution is 2.28. The van der Waals surface area contributed by atoms with Crippen molar-refractivity contribution in [2.24, 2.45) is 5.92 Å². The van der Waals surface area contributed by atoms with Crippen molar-refractivity contribution in [1.82, 2.24) is 9.88 Å². The first-order valence-corrected chi connectivity index (χ1v) is 11.8. The van der Waals surface area contributed by atoms with Gasteiger partial charge in [0.1, 0.15) is 17.4 Å². The molecular formula is C24H34N2O3S. The number of carbonyl (C=O) groups excluding carboxylic acids is 1. The maximum atomic E-state index is 13.0. The molecular weight excluding hydrogens is 396 g/mol. The fourth-order valence-electron chi connectivity index (χ4n) is 4.07. The number of methoxy groups -OCH3 is 1. The molecule has 0 atom stereocenters. The van der Waals surface area contributed by atoms with Gasteiger partial charge in [0, 0.05) is 31.6 Å². The lowest BCUT2D eigenvalue weighted by molar-refractivity contribution is -0.136. The molecule has 1 aromatic carbocycles. The van der Waals surface area contributed by atoms with Crippen LogP contribution in [0.25, 0.3) is 0 Å². The van der Waals surface area contributed by atoms with Crippen molar-refractivity contribution in [1.29, 1.82) is 0 Å². The average molecular weight is 431 g/mol. The fraction of sp³-hybridized carbons (Fsp3) is 0.583. The van der Waals surface area contributed by atoms with E-state index in [1.54, 1.807) is 18.4 Å². The van der Waals surface area contributed by atoms with Crippen molar-refractivity contribution >= 4 is 17.2 Å². The summed E-state index contributed by atoms with van der Waals surface area (Å²) in [5.41, 5.74) is 4.55. The van der Waals surface area contributed by atoms with Crippen molar-refractivity contribution < 1.29 is 14.3 Å². The molecule has 1 saturated carbocycles. The van der Waals surface area contributed by atoms with E-state index < -0.39 is 0 Å². The number of aryl methyl sites for hydroxylation is 2. The molecule has 0 spiro atoms. The Hall–Kier alpha value is -1.92. The van der Waals surface area contributed by atoms with Crippen LogP contribution in [0.4, 0.5) is 0 Å². The standard InChI is InChI=1S/C24H34N2O3S/c1-17-12-18(2)19(3)22(13-17)29-15-23-25-21(16-30-23)14-26(10-7-11-28-4)24(27)20-8-5-6-9-20/h12-13,16,20H,5-11,14-15H2,1-4H3. The summed E-state index contributed by atoms with van der Waals surface area (Å²) in [4.78, 5) is 19.7. The molecule has 1 heterocycles. The molecule has 1 aliphatic rings. The second-order valence-electron chi connectivity index (χ2n) is 8.31. The number of nitrogens with zero attached hydrogens (tertiary/aromatic N) is 2. The largest absolute Gasteiger partial charge is 0.486 e. The number of thiazole rings is 1. The smallest absolute Gasteiger partial charge is 0.226 e. The molecule has 0 radical (unpaired) electrons. The number of ether oxygens (including phenoxy) is 2. The first kappa shape index (κ1) is 22.8. The molecule has 1 fully saturated rings. The zero-order valence-corrected chi connectivity index (χ0v) is 19.5. The van der Waals surface area contributed by atoms with Crippen LogP contribution in [0.15, 0.2) is 17.5 Å². The first-order valence-electron chi connectivity index (χ1n) is 10.9. The predicted octanol–water partition coefficient (Wildman–Crippen LogP) is 5.20. The maximum absolute atomic E-state index is 13.0. The molecule has 30 heavy (non-hydrogen) atoms. The Balaban J connectivity index is 1.62. The van der Waals surface area contributed by atoms with Crippen LogP contribution < -0.4 is 4.74 Å². The molecule has 0 bridgehead atoms. The number of hydrogen-bond donors (Lipinski definition) is 0. The SMILES string of the molecule is COCCCN(Cc1csc(COc2cc(C)cc(C)c2C)n1)C(=O)C1CCCC1. The molecule has 164 valence electrons. The fourth-order valence-corrected chi connectivity index (χ4v) is 4.77. The minimum absolute atomic E-state index is 0.182. The predicted molar refractivity (Wildman–Crippen MR) is 121 cm³/mol. The minimum atomic E-state index is 0.182. The summed E-state index contributed by atoms with van der Waals surface area (Å²) in [6.07, 6.45) is 5.22. The Labute approximate surface area is 184 Å². The van der Waals surface area contributed by atoms with Crippen LogP contribution in [0.2, 0.25) is 0 Å². The number of rotatable bonds is 10. The lowest BCUT2D eigenvalue weighted by Gasteiger charge is -2.25. The van der Waals surface area contributed by atoms with E-state index in [0.29, 0.717) is 26.3 Å². The maximum Gasteiger partial charge on any atom is 0.226 e. The summed E-state index contributed by atoms with van der Waals surface area (Å²) in [5.74, 6) is 1.38. The van der Waals surface area contributed by atoms with Gasteiger partial charge in [0.05, 0.1) is 12.2 Å². The van der Waals surface area contributed by atoms with Gasteiger partial charge in [-0.05, 0) is 62.8 Å². The van der Waals surface area contributed by atoms with E-state index in [-0.39, 0.29) is 11.8 Å². The van der Waals surface area contributed by atoms with Gasteiger partial charge in [-0.2, -0.15) is 0 Å².